The van der Waals surface area contributed by atoms with E-state index in [0.29, 0.717) is 17.7 Å². The van der Waals surface area contributed by atoms with Gasteiger partial charge in [-0.1, -0.05) is 92.5 Å². The van der Waals surface area contributed by atoms with Gasteiger partial charge < -0.3 is 15.5 Å². The molecule has 1 saturated heterocycles. The number of likely N-dealkylation sites (tertiary alicyclic amines) is 1. The first-order chi connectivity index (χ1) is 21.9. The lowest BCUT2D eigenvalue weighted by atomic mass is 9.60. The van der Waals surface area contributed by atoms with Crippen molar-refractivity contribution in [2.24, 2.45) is 17.6 Å². The van der Waals surface area contributed by atoms with Crippen LogP contribution in [-0.2, 0) is 10.2 Å². The van der Waals surface area contributed by atoms with Gasteiger partial charge in [-0.3, -0.25) is 19.3 Å². The lowest BCUT2D eigenvalue weighted by Crippen LogP contribution is -2.53. The van der Waals surface area contributed by atoms with E-state index in [9.17, 15) is 14.4 Å². The highest BCUT2D eigenvalue weighted by Gasteiger charge is 2.52. The van der Waals surface area contributed by atoms with Crippen molar-refractivity contribution in [1.82, 2.24) is 14.7 Å². The van der Waals surface area contributed by atoms with E-state index in [1.165, 1.54) is 37.0 Å². The van der Waals surface area contributed by atoms with Gasteiger partial charge in [0.1, 0.15) is 0 Å². The van der Waals surface area contributed by atoms with Gasteiger partial charge in [0.25, 0.3) is 11.8 Å². The second kappa shape index (κ2) is 15.6. The van der Waals surface area contributed by atoms with Crippen LogP contribution in [0.5, 0.6) is 0 Å². The summed E-state index contributed by atoms with van der Waals surface area (Å²) in [6.07, 6.45) is 18.4. The number of fused-ring (bicyclic) bond motifs is 1. The summed E-state index contributed by atoms with van der Waals surface area (Å²) in [7, 11) is 2.12. The zero-order valence-electron chi connectivity index (χ0n) is 26.9. The fourth-order valence-electron chi connectivity index (χ4n) is 7.80. The number of amides is 3. The Morgan fingerprint density at radius 2 is 1.49 bits per heavy atom. The molecule has 2 N–H and O–H groups in total. The highest BCUT2D eigenvalue weighted by Crippen LogP contribution is 2.46. The van der Waals surface area contributed by atoms with Gasteiger partial charge in [-0.15, -0.1) is 0 Å². The summed E-state index contributed by atoms with van der Waals surface area (Å²) >= 11 is 0. The molecule has 0 spiro atoms. The molecule has 3 aliphatic rings. The number of unbranched alkanes of at least 4 members (excludes halogenated alkanes) is 5. The summed E-state index contributed by atoms with van der Waals surface area (Å²) in [5, 5.41) is 0. The molecule has 7 nitrogen and oxygen atoms in total. The van der Waals surface area contributed by atoms with Crippen molar-refractivity contribution >= 4 is 17.7 Å². The van der Waals surface area contributed by atoms with Crippen LogP contribution in [0.25, 0.3) is 0 Å². The third-order valence-corrected chi connectivity index (χ3v) is 10.2. The van der Waals surface area contributed by atoms with Gasteiger partial charge in [0.2, 0.25) is 5.91 Å². The lowest BCUT2D eigenvalue weighted by Gasteiger charge is -2.42. The molecular weight excluding hydrogens is 560 g/mol. The minimum Gasteiger partial charge on any atom is -0.369 e. The van der Waals surface area contributed by atoms with Crippen LogP contribution >= 0.6 is 0 Å². The largest absolute Gasteiger partial charge is 0.369 e. The van der Waals surface area contributed by atoms with Crippen LogP contribution in [0.4, 0.5) is 0 Å². The molecule has 0 aromatic heterocycles. The Morgan fingerprint density at radius 3 is 2.16 bits per heavy atom. The van der Waals surface area contributed by atoms with Gasteiger partial charge in [0.15, 0.2) is 0 Å². The number of benzene rings is 2. The van der Waals surface area contributed by atoms with E-state index >= 15 is 0 Å². The Morgan fingerprint density at radius 1 is 0.844 bits per heavy atom. The monoisotopic (exact) mass is 610 g/mol. The predicted octanol–water partition coefficient (Wildman–Crippen LogP) is 5.82. The van der Waals surface area contributed by atoms with Crippen LogP contribution in [0.3, 0.4) is 0 Å². The molecule has 2 aromatic rings. The fraction of sp³-hybridized carbons (Fsp3) is 0.500. The van der Waals surface area contributed by atoms with Crippen molar-refractivity contribution in [2.45, 2.75) is 63.2 Å². The average molecular weight is 611 g/mol. The van der Waals surface area contributed by atoms with Crippen molar-refractivity contribution in [2.75, 3.05) is 46.3 Å². The molecule has 0 radical (unpaired) electrons. The summed E-state index contributed by atoms with van der Waals surface area (Å²) in [6, 6.07) is 17.3. The molecular formula is C38H50N4O3. The molecule has 2 aliphatic heterocycles. The topological polar surface area (TPSA) is 86.9 Å². The second-order valence-corrected chi connectivity index (χ2v) is 13.1. The third kappa shape index (κ3) is 7.47. The number of hydrogen-bond donors (Lipinski definition) is 1. The van der Waals surface area contributed by atoms with Crippen LogP contribution < -0.4 is 5.73 Å². The number of nitrogens with zero attached hydrogens (tertiary/aromatic N) is 3. The Kier molecular flexibility index (Phi) is 11.4. The SMILES string of the molecule is CN(CCCCCCCCN1CCC([C@](C(N)=O)(c2ccccc2)C2C=CC=CC2)C1)CCCN1C(=O)c2ccccc2C1=O. The normalized spacial score (nSPS) is 21.1. The average Bonchev–Trinajstić information content (AvgIpc) is 3.62. The Bertz CT molecular complexity index is 1340. The Labute approximate surface area is 269 Å². The summed E-state index contributed by atoms with van der Waals surface area (Å²) in [5.41, 5.74) is 7.72. The summed E-state index contributed by atoms with van der Waals surface area (Å²) in [5.74, 6) is -0.226. The maximum absolute atomic E-state index is 13.3. The number of primary amides is 1. The van der Waals surface area contributed by atoms with Gasteiger partial charge in [0.05, 0.1) is 16.5 Å². The summed E-state index contributed by atoms with van der Waals surface area (Å²) in [6.45, 7) is 5.41. The van der Waals surface area contributed by atoms with E-state index < -0.39 is 5.41 Å². The van der Waals surface area contributed by atoms with E-state index in [-0.39, 0.29) is 29.6 Å². The van der Waals surface area contributed by atoms with E-state index in [2.05, 4.69) is 53.3 Å². The molecule has 1 aliphatic carbocycles. The predicted molar refractivity (Wildman–Crippen MR) is 180 cm³/mol. The maximum Gasteiger partial charge on any atom is 0.261 e. The van der Waals surface area contributed by atoms with Crippen molar-refractivity contribution in [3.8, 4) is 0 Å². The molecule has 5 rings (SSSR count). The van der Waals surface area contributed by atoms with Gasteiger partial charge in [-0.25, -0.2) is 0 Å². The first-order valence-electron chi connectivity index (χ1n) is 17.0. The zero-order valence-corrected chi connectivity index (χ0v) is 26.9. The smallest absolute Gasteiger partial charge is 0.261 e. The second-order valence-electron chi connectivity index (χ2n) is 13.1. The molecule has 2 aromatic carbocycles. The maximum atomic E-state index is 13.3. The summed E-state index contributed by atoms with van der Waals surface area (Å²) in [4.78, 5) is 44.6. The molecule has 1 fully saturated rings. The number of carbonyl (C=O) groups is 3. The van der Waals surface area contributed by atoms with Crippen molar-refractivity contribution in [3.63, 3.8) is 0 Å². The number of hydrogen-bond acceptors (Lipinski definition) is 5. The molecule has 2 heterocycles. The van der Waals surface area contributed by atoms with Crippen LogP contribution in [0.2, 0.25) is 0 Å². The molecule has 7 heteroatoms. The fourth-order valence-corrected chi connectivity index (χ4v) is 7.80. The highest BCUT2D eigenvalue weighted by molar-refractivity contribution is 6.21. The van der Waals surface area contributed by atoms with Crippen LogP contribution in [0.1, 0.15) is 84.1 Å². The van der Waals surface area contributed by atoms with E-state index in [4.69, 9.17) is 5.73 Å². The van der Waals surface area contributed by atoms with Gasteiger partial charge in [-0.2, -0.15) is 0 Å². The van der Waals surface area contributed by atoms with Gasteiger partial charge in [-0.05, 0) is 94.9 Å². The molecule has 45 heavy (non-hydrogen) atoms. The van der Waals surface area contributed by atoms with E-state index in [1.807, 2.05) is 18.2 Å². The van der Waals surface area contributed by atoms with Crippen molar-refractivity contribution in [3.05, 3.63) is 95.6 Å². The molecule has 240 valence electrons. The molecule has 2 unspecified atom stereocenters. The highest BCUT2D eigenvalue weighted by atomic mass is 16.2. The molecule has 0 bridgehead atoms. The first kappa shape index (κ1) is 32.8. The van der Waals surface area contributed by atoms with Crippen molar-refractivity contribution in [1.29, 1.82) is 0 Å². The molecule has 3 amide bonds. The molecule has 0 saturated carbocycles. The van der Waals surface area contributed by atoms with Crippen LogP contribution in [0.15, 0.2) is 78.9 Å². The zero-order chi connectivity index (χ0) is 31.6. The van der Waals surface area contributed by atoms with Crippen LogP contribution in [0, 0.1) is 11.8 Å². The van der Waals surface area contributed by atoms with Gasteiger partial charge >= 0.3 is 0 Å². The first-order valence-corrected chi connectivity index (χ1v) is 17.0. The number of nitrogens with two attached hydrogens (primary N) is 1. The summed E-state index contributed by atoms with van der Waals surface area (Å²) < 4.78 is 0. The minimum absolute atomic E-state index is 0.0859. The van der Waals surface area contributed by atoms with Crippen molar-refractivity contribution < 1.29 is 14.4 Å². The number of allylic oxidation sites excluding steroid dienone is 4. The van der Waals surface area contributed by atoms with Crippen LogP contribution in [-0.4, -0.2) is 78.7 Å². The van der Waals surface area contributed by atoms with Gasteiger partial charge in [0, 0.05) is 13.1 Å². The minimum atomic E-state index is -0.681. The number of rotatable bonds is 17. The Balaban J connectivity index is 0.963. The molecule has 3 atom stereocenters. The number of carbonyl (C=O) groups excluding carboxylic acids is 3. The van der Waals surface area contributed by atoms with E-state index in [0.717, 1.165) is 64.0 Å². The standard InChI is InChI=1S/C38H50N4O3/c1-40(25-16-27-42-35(43)33-21-12-13-22-34(33)36(42)44)24-14-4-2-3-5-15-26-41-28-23-32(29-41)38(37(39)45,30-17-8-6-9-18-30)31-19-10-7-11-20-31/h6-13,17-19,21-22,31-32H,2-5,14-16,20,23-29H2,1H3,(H2,39,45)/t31?,32?,38-/m0/s1. The van der Waals surface area contributed by atoms with E-state index in [1.54, 1.807) is 24.3 Å². The lowest BCUT2D eigenvalue weighted by molar-refractivity contribution is -0.127. The Hall–Kier alpha value is -3.55. The quantitative estimate of drug-likeness (QED) is 0.180. The third-order valence-electron chi connectivity index (χ3n) is 10.2. The number of imide groups is 1.